The van der Waals surface area contributed by atoms with Gasteiger partial charge in [0, 0.05) is 13.1 Å². The van der Waals surface area contributed by atoms with Crippen LogP contribution in [0.4, 0.5) is 0 Å². The van der Waals surface area contributed by atoms with Crippen molar-refractivity contribution in [2.45, 2.75) is 0 Å². The lowest BCUT2D eigenvalue weighted by molar-refractivity contribution is 1.64. The predicted molar refractivity (Wildman–Crippen MR) is 137 cm³/mol. The van der Waals surface area contributed by atoms with Crippen LogP contribution in [0.5, 0.6) is 0 Å². The van der Waals surface area contributed by atoms with Gasteiger partial charge in [-0.25, -0.2) is 0 Å². The van der Waals surface area contributed by atoms with Gasteiger partial charge in [-0.2, -0.15) is 0 Å². The third kappa shape index (κ3) is 14.7. The van der Waals surface area contributed by atoms with Crippen molar-refractivity contribution in [2.24, 2.45) is 0 Å². The van der Waals surface area contributed by atoms with E-state index in [1.807, 2.05) is 78.9 Å². The first-order chi connectivity index (χ1) is 14.1. The molecule has 0 spiro atoms. The van der Waals surface area contributed by atoms with Crippen LogP contribution in [-0.4, -0.2) is 0 Å². The molecule has 0 aromatic heterocycles. The van der Waals surface area contributed by atoms with Crippen LogP contribution in [0.1, 0.15) is 5.56 Å². The zero-order valence-electron chi connectivity index (χ0n) is 15.7. The van der Waals surface area contributed by atoms with Crippen LogP contribution in [0.25, 0.3) is 6.08 Å². The molecule has 4 aromatic rings. The fraction of sp³-hybridized carbons (Fsp3) is 0. The third-order valence-corrected chi connectivity index (χ3v) is 4.51. The van der Waals surface area contributed by atoms with E-state index in [9.17, 15) is 0 Å². The zero-order valence-corrected chi connectivity index (χ0v) is 20.2. The zero-order chi connectivity index (χ0) is 21.2. The van der Waals surface area contributed by atoms with Crippen LogP contribution in [0, 0.1) is 27.8 Å². The highest BCUT2D eigenvalue weighted by molar-refractivity contribution is 14.1. The molecule has 0 heterocycles. The molecule has 0 nitrogen and oxygen atoms in total. The lowest BCUT2D eigenvalue weighted by Gasteiger charge is -1.84. The molecule has 0 aliphatic carbocycles. The second-order valence-electron chi connectivity index (χ2n) is 5.19. The molecule has 3 heteroatoms. The van der Waals surface area contributed by atoms with E-state index in [2.05, 4.69) is 69.4 Å². The second-order valence-corrected chi connectivity index (χ2v) is 7.79. The summed E-state index contributed by atoms with van der Waals surface area (Å²) in [5, 5.41) is 0.763. The molecule has 0 bridgehead atoms. The largest absolute Gasteiger partial charge is 0.0985 e. The smallest absolute Gasteiger partial charge is 0.0406 e. The summed E-state index contributed by atoms with van der Waals surface area (Å²) < 4.78 is 2.36. The highest BCUT2D eigenvalue weighted by atomic mass is 127. The number of hydrogen-bond donors (Lipinski definition) is 0. The van der Waals surface area contributed by atoms with E-state index in [4.69, 9.17) is 11.6 Å². The first-order valence-electron chi connectivity index (χ1n) is 8.55. The van der Waals surface area contributed by atoms with Crippen molar-refractivity contribution < 1.29 is 0 Å². The Labute approximate surface area is 201 Å². The minimum Gasteiger partial charge on any atom is -0.0985 e. The van der Waals surface area contributed by atoms with Crippen LogP contribution in [0.15, 0.2) is 108 Å². The Morgan fingerprint density at radius 3 is 1.28 bits per heavy atom. The van der Waals surface area contributed by atoms with Crippen molar-refractivity contribution in [2.75, 3.05) is 0 Å². The van der Waals surface area contributed by atoms with Crippen molar-refractivity contribution in [3.8, 4) is 0 Å². The molecular formula is C26H19BrClI. The Bertz CT molecular complexity index is 794. The minimum absolute atomic E-state index is 0.763. The van der Waals surface area contributed by atoms with Gasteiger partial charge in [-0.05, 0) is 88.8 Å². The molecule has 4 radical (unpaired) electrons. The number of halogens is 3. The quantitative estimate of drug-likeness (QED) is 0.200. The Hall–Kier alpha value is -1.88. The number of benzene rings is 4. The second kappa shape index (κ2) is 17.0. The van der Waals surface area contributed by atoms with Crippen LogP contribution < -0.4 is 0 Å². The molecule has 0 aliphatic rings. The molecule has 144 valence electrons. The lowest BCUT2D eigenvalue weighted by Crippen LogP contribution is -1.64. The summed E-state index contributed by atoms with van der Waals surface area (Å²) >= 11 is 11.1. The van der Waals surface area contributed by atoms with Crippen molar-refractivity contribution in [1.29, 1.82) is 0 Å². The molecule has 0 unspecified atom stereocenters. The molecular weight excluding hydrogens is 555 g/mol. The number of hydrogen-bond acceptors (Lipinski definition) is 0. The van der Waals surface area contributed by atoms with E-state index >= 15 is 0 Å². The average molecular weight is 574 g/mol. The Balaban J connectivity index is 0.000000194. The van der Waals surface area contributed by atoms with Gasteiger partial charge in [0.25, 0.3) is 0 Å². The standard InChI is InChI=1S/C8H7.C6H4Br.C6H4Cl.C6H4I/c1-2-8-6-4-3-5-7-8;3*7-6-4-2-1-3-5-6/h2,4-7H,1H2;3*2-5H. The molecule has 4 aromatic carbocycles. The molecule has 0 N–H and O–H groups in total. The average Bonchev–Trinajstić information content (AvgIpc) is 2.77. The first-order valence-corrected chi connectivity index (χ1v) is 10.8. The Morgan fingerprint density at radius 2 is 1.07 bits per heavy atom. The summed E-state index contributed by atoms with van der Waals surface area (Å²) in [5.41, 5.74) is 1.14. The van der Waals surface area contributed by atoms with Gasteiger partial charge in [-0.3, -0.25) is 0 Å². The predicted octanol–water partition coefficient (Wildman–Crippen LogP) is 8.61. The van der Waals surface area contributed by atoms with E-state index in [0.29, 0.717) is 0 Å². The highest BCUT2D eigenvalue weighted by Crippen LogP contribution is 2.05. The SMILES string of the molecule is Brc1cc[c]cc1.C=Cc1cc[c]cc1.Clc1cc[c]cc1.Ic1cc[c]cc1. The van der Waals surface area contributed by atoms with Gasteiger partial charge in [0.05, 0.1) is 0 Å². The van der Waals surface area contributed by atoms with Crippen molar-refractivity contribution >= 4 is 56.2 Å². The molecule has 0 saturated heterocycles. The van der Waals surface area contributed by atoms with Crippen molar-refractivity contribution in [1.82, 2.24) is 0 Å². The number of rotatable bonds is 1. The van der Waals surface area contributed by atoms with Crippen molar-refractivity contribution in [3.05, 3.63) is 147 Å². The van der Waals surface area contributed by atoms with Crippen LogP contribution >= 0.6 is 50.1 Å². The van der Waals surface area contributed by atoms with E-state index in [0.717, 1.165) is 15.1 Å². The lowest BCUT2D eigenvalue weighted by atomic mass is 10.2. The summed E-state index contributed by atoms with van der Waals surface area (Å²) in [7, 11) is 0. The van der Waals surface area contributed by atoms with E-state index in [1.54, 1.807) is 24.3 Å². The van der Waals surface area contributed by atoms with Crippen LogP contribution in [0.3, 0.4) is 0 Å². The summed E-state index contributed by atoms with van der Waals surface area (Å²) in [4.78, 5) is 0. The van der Waals surface area contributed by atoms with E-state index < -0.39 is 0 Å². The maximum Gasteiger partial charge on any atom is 0.0406 e. The van der Waals surface area contributed by atoms with Gasteiger partial charge < -0.3 is 0 Å². The first kappa shape index (κ1) is 25.2. The molecule has 4 rings (SSSR count). The molecule has 0 saturated carbocycles. The molecule has 0 aliphatic heterocycles. The topological polar surface area (TPSA) is 0 Å². The summed E-state index contributed by atoms with van der Waals surface area (Å²) in [6.07, 6.45) is 1.81. The third-order valence-electron chi connectivity index (χ3n) is 3.01. The van der Waals surface area contributed by atoms with Crippen LogP contribution in [-0.2, 0) is 0 Å². The molecule has 0 amide bonds. The maximum absolute atomic E-state index is 5.52. The van der Waals surface area contributed by atoms with Gasteiger partial charge in [0.1, 0.15) is 0 Å². The van der Waals surface area contributed by atoms with Gasteiger partial charge >= 0.3 is 0 Å². The Morgan fingerprint density at radius 1 is 0.690 bits per heavy atom. The summed E-state index contributed by atoms with van der Waals surface area (Å²) in [6, 6.07) is 41.9. The normalized spacial score (nSPS) is 8.66. The molecule has 0 atom stereocenters. The van der Waals surface area contributed by atoms with Gasteiger partial charge in [0.2, 0.25) is 0 Å². The Kier molecular flexibility index (Phi) is 14.8. The summed E-state index contributed by atoms with van der Waals surface area (Å²) in [5.74, 6) is 0. The van der Waals surface area contributed by atoms with E-state index in [-0.39, 0.29) is 0 Å². The van der Waals surface area contributed by atoms with E-state index in [1.165, 1.54) is 3.57 Å². The van der Waals surface area contributed by atoms with Gasteiger partial charge in [0.15, 0.2) is 0 Å². The fourth-order valence-corrected chi connectivity index (χ4v) is 2.39. The molecule has 0 fully saturated rings. The minimum atomic E-state index is 0.763. The van der Waals surface area contributed by atoms with Gasteiger partial charge in [-0.15, -0.1) is 0 Å². The van der Waals surface area contributed by atoms with Crippen molar-refractivity contribution in [3.63, 3.8) is 0 Å². The van der Waals surface area contributed by atoms with Crippen LogP contribution in [0.2, 0.25) is 5.02 Å². The van der Waals surface area contributed by atoms with Gasteiger partial charge in [-0.1, -0.05) is 101 Å². The monoisotopic (exact) mass is 572 g/mol. The molecule has 29 heavy (non-hydrogen) atoms. The fourth-order valence-electron chi connectivity index (χ4n) is 1.64. The highest BCUT2D eigenvalue weighted by Gasteiger charge is 1.77. The maximum atomic E-state index is 5.52. The summed E-state index contributed by atoms with van der Waals surface area (Å²) in [6.45, 7) is 3.62.